The Bertz CT molecular complexity index is 968. The maximum atomic E-state index is 12.3. The summed E-state index contributed by atoms with van der Waals surface area (Å²) in [4.78, 5) is 14.7. The third kappa shape index (κ3) is 6.72. The van der Waals surface area contributed by atoms with Crippen molar-refractivity contribution in [3.8, 4) is 0 Å². The number of carbonyl (C=O) groups is 1. The van der Waals surface area contributed by atoms with Crippen LogP contribution < -0.4 is 14.5 Å². The van der Waals surface area contributed by atoms with Crippen molar-refractivity contribution in [3.05, 3.63) is 59.7 Å². The van der Waals surface area contributed by atoms with Crippen molar-refractivity contribution in [3.63, 3.8) is 0 Å². The van der Waals surface area contributed by atoms with Gasteiger partial charge < -0.3 is 10.2 Å². The molecule has 0 radical (unpaired) electrons. The molecule has 0 saturated carbocycles. The molecule has 0 atom stereocenters. The van der Waals surface area contributed by atoms with Crippen molar-refractivity contribution in [2.24, 2.45) is 0 Å². The Balaban J connectivity index is 1.47. The third-order valence-electron chi connectivity index (χ3n) is 5.70. The Morgan fingerprint density at radius 1 is 1.03 bits per heavy atom. The van der Waals surface area contributed by atoms with Crippen LogP contribution in [-0.2, 0) is 21.4 Å². The van der Waals surface area contributed by atoms with Gasteiger partial charge in [0.1, 0.15) is 0 Å². The van der Waals surface area contributed by atoms with Crippen molar-refractivity contribution in [2.75, 3.05) is 35.1 Å². The van der Waals surface area contributed by atoms with E-state index in [1.165, 1.54) is 35.5 Å². The van der Waals surface area contributed by atoms with Crippen molar-refractivity contribution in [2.45, 2.75) is 45.6 Å². The van der Waals surface area contributed by atoms with Gasteiger partial charge in [-0.05, 0) is 61.9 Å². The molecule has 31 heavy (non-hydrogen) atoms. The third-order valence-corrected chi connectivity index (χ3v) is 6.88. The zero-order chi connectivity index (χ0) is 22.3. The number of nitrogens with one attached hydrogen (secondary N) is 1. The molecule has 1 amide bonds. The molecule has 3 rings (SSSR count). The SMILES string of the molecule is Cc1ccccc1N(CCCC(=O)NCc1ccc(N2CCCCC2)cc1)S(C)(=O)=O. The molecule has 1 saturated heterocycles. The molecule has 168 valence electrons. The topological polar surface area (TPSA) is 69.7 Å². The molecule has 6 nitrogen and oxygen atoms in total. The predicted octanol–water partition coefficient (Wildman–Crippen LogP) is 3.85. The van der Waals surface area contributed by atoms with Crippen LogP contribution in [-0.4, -0.2) is 40.2 Å². The standard InChI is InChI=1S/C24H33N3O3S/c1-20-9-4-5-10-23(20)27(31(2,29)30)18-8-11-24(28)25-19-21-12-14-22(15-13-21)26-16-6-3-7-17-26/h4-5,9-10,12-15H,3,6-8,11,16-19H2,1-2H3,(H,25,28). The van der Waals surface area contributed by atoms with Crippen molar-refractivity contribution in [1.82, 2.24) is 5.32 Å². The minimum absolute atomic E-state index is 0.0710. The number of carbonyl (C=O) groups excluding carboxylic acids is 1. The van der Waals surface area contributed by atoms with Crippen LogP contribution in [0.1, 0.15) is 43.2 Å². The number of amides is 1. The van der Waals surface area contributed by atoms with Crippen LogP contribution in [0.5, 0.6) is 0 Å². The van der Waals surface area contributed by atoms with E-state index < -0.39 is 10.0 Å². The van der Waals surface area contributed by atoms with E-state index in [-0.39, 0.29) is 18.9 Å². The Morgan fingerprint density at radius 2 is 1.71 bits per heavy atom. The minimum atomic E-state index is -3.41. The molecule has 0 aliphatic carbocycles. The van der Waals surface area contributed by atoms with Crippen molar-refractivity contribution < 1.29 is 13.2 Å². The van der Waals surface area contributed by atoms with Gasteiger partial charge >= 0.3 is 0 Å². The van der Waals surface area contributed by atoms with Crippen LogP contribution in [0.2, 0.25) is 0 Å². The number of hydrogen-bond acceptors (Lipinski definition) is 4. The first-order chi connectivity index (χ1) is 14.8. The molecule has 0 unspecified atom stereocenters. The second-order valence-corrected chi connectivity index (χ2v) is 10.1. The van der Waals surface area contributed by atoms with Gasteiger partial charge in [0.25, 0.3) is 0 Å². The first-order valence-corrected chi connectivity index (χ1v) is 12.8. The maximum absolute atomic E-state index is 12.3. The van der Waals surface area contributed by atoms with Crippen LogP contribution in [0.3, 0.4) is 0 Å². The molecule has 0 aromatic heterocycles. The van der Waals surface area contributed by atoms with Gasteiger partial charge in [0.15, 0.2) is 0 Å². The van der Waals surface area contributed by atoms with E-state index in [4.69, 9.17) is 0 Å². The highest BCUT2D eigenvalue weighted by atomic mass is 32.2. The maximum Gasteiger partial charge on any atom is 0.232 e. The molecule has 1 N–H and O–H groups in total. The summed E-state index contributed by atoms with van der Waals surface area (Å²) in [7, 11) is -3.41. The van der Waals surface area contributed by atoms with Gasteiger partial charge in [-0.25, -0.2) is 8.42 Å². The predicted molar refractivity (Wildman–Crippen MR) is 127 cm³/mol. The normalized spacial score (nSPS) is 14.3. The summed E-state index contributed by atoms with van der Waals surface area (Å²) < 4.78 is 25.9. The van der Waals surface area contributed by atoms with Gasteiger partial charge in [-0.1, -0.05) is 30.3 Å². The number of para-hydroxylation sites is 1. The van der Waals surface area contributed by atoms with E-state index in [1.54, 1.807) is 6.07 Å². The number of rotatable bonds is 9. The summed E-state index contributed by atoms with van der Waals surface area (Å²) in [5.41, 5.74) is 3.86. The van der Waals surface area contributed by atoms with E-state index in [2.05, 4.69) is 34.5 Å². The molecule has 1 aliphatic rings. The number of anilines is 2. The summed E-state index contributed by atoms with van der Waals surface area (Å²) in [6, 6.07) is 15.8. The van der Waals surface area contributed by atoms with Gasteiger partial charge in [0.2, 0.25) is 15.9 Å². The molecule has 2 aromatic rings. The monoisotopic (exact) mass is 443 g/mol. The van der Waals surface area contributed by atoms with Gasteiger partial charge in [0.05, 0.1) is 11.9 Å². The van der Waals surface area contributed by atoms with Crippen molar-refractivity contribution >= 4 is 27.3 Å². The summed E-state index contributed by atoms with van der Waals surface area (Å²) in [6.07, 6.45) is 5.75. The number of nitrogens with zero attached hydrogens (tertiary/aromatic N) is 2. The lowest BCUT2D eigenvalue weighted by molar-refractivity contribution is -0.121. The second kappa shape index (κ2) is 10.7. The molecule has 1 heterocycles. The van der Waals surface area contributed by atoms with Gasteiger partial charge in [-0.15, -0.1) is 0 Å². The zero-order valence-electron chi connectivity index (χ0n) is 18.5. The van der Waals surface area contributed by atoms with Crippen LogP contribution in [0.25, 0.3) is 0 Å². The fourth-order valence-corrected chi connectivity index (χ4v) is 4.98. The molecule has 0 spiro atoms. The number of sulfonamides is 1. The van der Waals surface area contributed by atoms with Crippen LogP contribution >= 0.6 is 0 Å². The van der Waals surface area contributed by atoms with E-state index in [9.17, 15) is 13.2 Å². The molecule has 1 fully saturated rings. The van der Waals surface area contributed by atoms with E-state index >= 15 is 0 Å². The second-order valence-electron chi connectivity index (χ2n) is 8.22. The highest BCUT2D eigenvalue weighted by molar-refractivity contribution is 7.92. The lowest BCUT2D eigenvalue weighted by atomic mass is 10.1. The average Bonchev–Trinajstić information content (AvgIpc) is 2.76. The summed E-state index contributed by atoms with van der Waals surface area (Å²) in [6.45, 7) is 4.87. The van der Waals surface area contributed by atoms with Crippen LogP contribution in [0.15, 0.2) is 48.5 Å². The van der Waals surface area contributed by atoms with Crippen LogP contribution in [0.4, 0.5) is 11.4 Å². The number of benzene rings is 2. The largest absolute Gasteiger partial charge is 0.372 e. The van der Waals surface area contributed by atoms with Crippen molar-refractivity contribution in [1.29, 1.82) is 0 Å². The van der Waals surface area contributed by atoms with Gasteiger partial charge in [-0.3, -0.25) is 9.10 Å². The molecular formula is C24H33N3O3S. The Kier molecular flexibility index (Phi) is 7.96. The lowest BCUT2D eigenvalue weighted by Crippen LogP contribution is -2.32. The highest BCUT2D eigenvalue weighted by Gasteiger charge is 2.19. The Morgan fingerprint density at radius 3 is 2.35 bits per heavy atom. The molecular weight excluding hydrogens is 410 g/mol. The zero-order valence-corrected chi connectivity index (χ0v) is 19.3. The van der Waals surface area contributed by atoms with Gasteiger partial charge in [-0.2, -0.15) is 0 Å². The molecule has 1 aliphatic heterocycles. The lowest BCUT2D eigenvalue weighted by Gasteiger charge is -2.28. The number of piperidine rings is 1. The molecule has 0 bridgehead atoms. The van der Waals surface area contributed by atoms with E-state index in [1.807, 2.05) is 25.1 Å². The molecule has 2 aromatic carbocycles. The summed E-state index contributed by atoms with van der Waals surface area (Å²) in [5.74, 6) is -0.0710. The first kappa shape index (κ1) is 23.1. The van der Waals surface area contributed by atoms with E-state index in [0.717, 1.165) is 24.2 Å². The fraction of sp³-hybridized carbons (Fsp3) is 0.458. The average molecular weight is 444 g/mol. The Labute approximate surface area is 186 Å². The van der Waals surface area contributed by atoms with Gasteiger partial charge in [0, 0.05) is 38.3 Å². The quantitative estimate of drug-likeness (QED) is 0.639. The number of aryl methyl sites for hydroxylation is 1. The van der Waals surface area contributed by atoms with Crippen LogP contribution in [0, 0.1) is 6.92 Å². The Hall–Kier alpha value is -2.54. The van der Waals surface area contributed by atoms with E-state index in [0.29, 0.717) is 18.7 Å². The number of hydrogen-bond donors (Lipinski definition) is 1. The summed E-state index contributed by atoms with van der Waals surface area (Å²) in [5, 5.41) is 2.94. The fourth-order valence-electron chi connectivity index (χ4n) is 3.96. The highest BCUT2D eigenvalue weighted by Crippen LogP contribution is 2.23. The summed E-state index contributed by atoms with van der Waals surface area (Å²) >= 11 is 0. The molecule has 7 heteroatoms. The smallest absolute Gasteiger partial charge is 0.232 e. The minimum Gasteiger partial charge on any atom is -0.372 e. The first-order valence-electron chi connectivity index (χ1n) is 11.0.